The van der Waals surface area contributed by atoms with E-state index in [9.17, 15) is 9.59 Å². The average Bonchev–Trinajstić information content (AvgIpc) is 3.08. The summed E-state index contributed by atoms with van der Waals surface area (Å²) >= 11 is 1.40. The first-order chi connectivity index (χ1) is 14.5. The number of rotatable bonds is 8. The van der Waals surface area contributed by atoms with Crippen molar-refractivity contribution in [2.75, 3.05) is 13.7 Å². The molecule has 0 unspecified atom stereocenters. The minimum atomic E-state index is -0.385. The van der Waals surface area contributed by atoms with E-state index in [1.807, 2.05) is 6.07 Å². The molecule has 0 spiro atoms. The maximum absolute atomic E-state index is 12.8. The van der Waals surface area contributed by atoms with Crippen LogP contribution in [-0.2, 0) is 22.5 Å². The fraction of sp³-hybridized carbons (Fsp3) is 0.348. The van der Waals surface area contributed by atoms with E-state index in [0.29, 0.717) is 22.7 Å². The van der Waals surface area contributed by atoms with E-state index in [2.05, 4.69) is 24.0 Å². The Balaban J connectivity index is 2.06. The molecular weight excluding hydrogens is 400 g/mol. The van der Waals surface area contributed by atoms with Crippen LogP contribution in [0.25, 0.3) is 10.2 Å². The van der Waals surface area contributed by atoms with Crippen molar-refractivity contribution in [3.8, 4) is 5.75 Å². The lowest BCUT2D eigenvalue weighted by Crippen LogP contribution is -2.23. The zero-order chi connectivity index (χ0) is 21.5. The molecule has 3 aromatic rings. The largest absolute Gasteiger partial charge is 0.497 e. The zero-order valence-electron chi connectivity index (χ0n) is 17.5. The molecule has 0 saturated heterocycles. The van der Waals surface area contributed by atoms with E-state index < -0.39 is 0 Å². The lowest BCUT2D eigenvalue weighted by Gasteiger charge is -2.06. The summed E-state index contributed by atoms with van der Waals surface area (Å²) in [5.74, 6) is -0.154. The Morgan fingerprint density at radius 1 is 1.13 bits per heavy atom. The molecule has 2 aromatic carbocycles. The monoisotopic (exact) mass is 426 g/mol. The Labute approximate surface area is 179 Å². The first-order valence-electron chi connectivity index (χ1n) is 10.1. The van der Waals surface area contributed by atoms with E-state index in [4.69, 9.17) is 9.47 Å². The summed E-state index contributed by atoms with van der Waals surface area (Å²) in [6, 6.07) is 13.0. The van der Waals surface area contributed by atoms with Crippen molar-refractivity contribution in [3.63, 3.8) is 0 Å². The highest BCUT2D eigenvalue weighted by Gasteiger charge is 2.14. The summed E-state index contributed by atoms with van der Waals surface area (Å²) in [5, 5.41) is 0. The number of fused-ring (bicyclic) bond motifs is 1. The molecule has 1 amide bonds. The Hall–Kier alpha value is -2.93. The first kappa shape index (κ1) is 21.8. The van der Waals surface area contributed by atoms with Crippen molar-refractivity contribution in [2.45, 2.75) is 39.7 Å². The summed E-state index contributed by atoms with van der Waals surface area (Å²) in [5.41, 5.74) is 2.53. The zero-order valence-corrected chi connectivity index (χ0v) is 18.3. The van der Waals surface area contributed by atoms with Gasteiger partial charge in [0.2, 0.25) is 0 Å². The first-order valence-corrected chi connectivity index (χ1v) is 10.9. The van der Waals surface area contributed by atoms with Gasteiger partial charge in [-0.05, 0) is 55.7 Å². The molecule has 1 heterocycles. The number of carbonyl (C=O) groups excluding carboxylic acids is 2. The molecule has 0 aliphatic heterocycles. The minimum Gasteiger partial charge on any atom is -0.497 e. The lowest BCUT2D eigenvalue weighted by atomic mass is 10.1. The van der Waals surface area contributed by atoms with Crippen molar-refractivity contribution < 1.29 is 19.1 Å². The molecule has 0 bridgehead atoms. The molecule has 0 N–H and O–H groups in total. The van der Waals surface area contributed by atoms with Crippen LogP contribution >= 0.6 is 11.3 Å². The predicted octanol–water partition coefficient (Wildman–Crippen LogP) is 4.36. The number of thiazole rings is 1. The summed E-state index contributed by atoms with van der Waals surface area (Å²) in [6.07, 6.45) is 3.24. The van der Waals surface area contributed by atoms with E-state index in [-0.39, 0.29) is 18.4 Å². The quantitative estimate of drug-likeness (QED) is 0.502. The smallest absolute Gasteiger partial charge is 0.326 e. The third kappa shape index (κ3) is 5.16. The van der Waals surface area contributed by atoms with Crippen molar-refractivity contribution >= 4 is 33.4 Å². The number of methoxy groups -OCH3 is 1. The van der Waals surface area contributed by atoms with Crippen molar-refractivity contribution in [1.82, 2.24) is 4.57 Å². The number of ether oxygens (including phenoxy) is 2. The van der Waals surface area contributed by atoms with Gasteiger partial charge in [-0.2, -0.15) is 4.99 Å². The van der Waals surface area contributed by atoms with Gasteiger partial charge in [0.15, 0.2) is 4.80 Å². The molecule has 0 atom stereocenters. The Bertz CT molecular complexity index is 1110. The second-order valence-electron chi connectivity index (χ2n) is 6.83. The molecular formula is C23H26N2O4S. The number of carbonyl (C=O) groups is 2. The molecule has 0 saturated carbocycles. The fourth-order valence-electron chi connectivity index (χ4n) is 3.14. The van der Waals surface area contributed by atoms with Gasteiger partial charge in [-0.3, -0.25) is 9.59 Å². The summed E-state index contributed by atoms with van der Waals surface area (Å²) < 4.78 is 13.1. The maximum atomic E-state index is 12.8. The minimum absolute atomic E-state index is 0.00632. The second kappa shape index (κ2) is 10.2. The van der Waals surface area contributed by atoms with Gasteiger partial charge in [-0.25, -0.2) is 0 Å². The second-order valence-corrected chi connectivity index (χ2v) is 7.84. The van der Waals surface area contributed by atoms with Crippen molar-refractivity contribution in [2.24, 2.45) is 4.99 Å². The maximum Gasteiger partial charge on any atom is 0.326 e. The molecule has 1 aromatic heterocycles. The highest BCUT2D eigenvalue weighted by molar-refractivity contribution is 7.16. The number of benzene rings is 2. The van der Waals surface area contributed by atoms with Gasteiger partial charge in [0, 0.05) is 5.56 Å². The van der Waals surface area contributed by atoms with Gasteiger partial charge >= 0.3 is 5.97 Å². The lowest BCUT2D eigenvalue weighted by molar-refractivity contribution is -0.143. The number of hydrogen-bond acceptors (Lipinski definition) is 5. The van der Waals surface area contributed by atoms with Crippen LogP contribution in [0.4, 0.5) is 0 Å². The predicted molar refractivity (Wildman–Crippen MR) is 118 cm³/mol. The van der Waals surface area contributed by atoms with Gasteiger partial charge < -0.3 is 14.0 Å². The van der Waals surface area contributed by atoms with E-state index in [1.165, 1.54) is 16.9 Å². The van der Waals surface area contributed by atoms with Gasteiger partial charge in [-0.15, -0.1) is 0 Å². The fourth-order valence-corrected chi connectivity index (χ4v) is 4.23. The number of esters is 1. The SMILES string of the molecule is CCCCc1ccc2c(c1)sc(=NC(=O)c1cccc(OC)c1)n2CC(=O)OCC. The van der Waals surface area contributed by atoms with Crippen LogP contribution in [0.5, 0.6) is 5.75 Å². The van der Waals surface area contributed by atoms with Crippen LogP contribution < -0.4 is 9.54 Å². The van der Waals surface area contributed by atoms with Gasteiger partial charge in [0.1, 0.15) is 12.3 Å². The van der Waals surface area contributed by atoms with Crippen LogP contribution in [0, 0.1) is 0 Å². The molecule has 0 aliphatic rings. The number of aromatic nitrogens is 1. The molecule has 3 rings (SSSR count). The summed E-state index contributed by atoms with van der Waals surface area (Å²) in [7, 11) is 1.55. The third-order valence-electron chi connectivity index (χ3n) is 4.67. The number of aryl methyl sites for hydroxylation is 1. The molecule has 0 fully saturated rings. The van der Waals surface area contributed by atoms with E-state index in [1.54, 1.807) is 42.9 Å². The summed E-state index contributed by atoms with van der Waals surface area (Å²) in [4.78, 5) is 29.8. The van der Waals surface area contributed by atoms with Crippen LogP contribution in [-0.4, -0.2) is 30.2 Å². The van der Waals surface area contributed by atoms with E-state index >= 15 is 0 Å². The van der Waals surface area contributed by atoms with Crippen LogP contribution in [0.1, 0.15) is 42.6 Å². The molecule has 6 nitrogen and oxygen atoms in total. The molecule has 158 valence electrons. The molecule has 30 heavy (non-hydrogen) atoms. The molecule has 0 aliphatic carbocycles. The normalized spacial score (nSPS) is 11.6. The highest BCUT2D eigenvalue weighted by atomic mass is 32.1. The Morgan fingerprint density at radius 3 is 2.70 bits per heavy atom. The van der Waals surface area contributed by atoms with Gasteiger partial charge in [0.05, 0.1) is 23.9 Å². The van der Waals surface area contributed by atoms with E-state index in [0.717, 1.165) is 29.5 Å². The molecule has 0 radical (unpaired) electrons. The van der Waals surface area contributed by atoms with Gasteiger partial charge in [-0.1, -0.05) is 36.8 Å². The third-order valence-corrected chi connectivity index (χ3v) is 5.71. The van der Waals surface area contributed by atoms with Crippen LogP contribution in [0.2, 0.25) is 0 Å². The number of unbranched alkanes of at least 4 members (excludes halogenated alkanes) is 1. The van der Waals surface area contributed by atoms with Gasteiger partial charge in [0.25, 0.3) is 5.91 Å². The summed E-state index contributed by atoms with van der Waals surface area (Å²) in [6.45, 7) is 4.24. The Kier molecular flexibility index (Phi) is 7.41. The number of amides is 1. The van der Waals surface area contributed by atoms with Crippen LogP contribution in [0.3, 0.4) is 0 Å². The Morgan fingerprint density at radius 2 is 1.97 bits per heavy atom. The van der Waals surface area contributed by atoms with Crippen molar-refractivity contribution in [3.05, 3.63) is 58.4 Å². The topological polar surface area (TPSA) is 69.9 Å². The number of hydrogen-bond donors (Lipinski definition) is 0. The standard InChI is InChI=1S/C23H26N2O4S/c1-4-6-8-16-11-12-19-20(13-16)30-23(25(19)15-21(26)29-5-2)24-22(27)17-9-7-10-18(14-17)28-3/h7,9-14H,4-6,8,15H2,1-3H3. The highest BCUT2D eigenvalue weighted by Crippen LogP contribution is 2.21. The average molecular weight is 427 g/mol. The number of nitrogens with zero attached hydrogens (tertiary/aromatic N) is 2. The van der Waals surface area contributed by atoms with Crippen molar-refractivity contribution in [1.29, 1.82) is 0 Å². The molecule has 7 heteroatoms. The van der Waals surface area contributed by atoms with Crippen LogP contribution in [0.15, 0.2) is 47.5 Å².